The molecule has 0 atom stereocenters. The van der Waals surface area contributed by atoms with E-state index in [4.69, 9.17) is 17.3 Å². The maximum Gasteiger partial charge on any atom is 0.157 e. The number of hydrogen-bond donors (Lipinski definition) is 1. The van der Waals surface area contributed by atoms with E-state index >= 15 is 0 Å². The maximum atomic E-state index is 6.02. The van der Waals surface area contributed by atoms with Gasteiger partial charge in [-0.1, -0.05) is 25.4 Å². The minimum Gasteiger partial charge on any atom is -0.397 e. The van der Waals surface area contributed by atoms with Gasteiger partial charge in [-0.3, -0.25) is 0 Å². The van der Waals surface area contributed by atoms with Crippen molar-refractivity contribution >= 4 is 22.8 Å². The molecule has 2 heterocycles. The molecule has 0 radical (unpaired) electrons. The van der Waals surface area contributed by atoms with E-state index < -0.39 is 0 Å². The molecule has 0 aliphatic heterocycles. The van der Waals surface area contributed by atoms with Gasteiger partial charge in [-0.15, -0.1) is 0 Å². The van der Waals surface area contributed by atoms with Crippen molar-refractivity contribution in [1.82, 2.24) is 9.38 Å². The lowest BCUT2D eigenvalue weighted by Crippen LogP contribution is -1.97. The zero-order valence-corrected chi connectivity index (χ0v) is 8.92. The van der Waals surface area contributed by atoms with Crippen LogP contribution in [0.2, 0.25) is 5.15 Å². The predicted molar refractivity (Wildman–Crippen MR) is 58.7 cm³/mol. The van der Waals surface area contributed by atoms with Crippen molar-refractivity contribution in [3.8, 4) is 0 Å². The number of nitrogens with zero attached hydrogens (tertiary/aromatic N) is 2. The van der Waals surface area contributed by atoms with E-state index in [9.17, 15) is 0 Å². The van der Waals surface area contributed by atoms with Gasteiger partial charge in [0.1, 0.15) is 11.3 Å². The lowest BCUT2D eigenvalue weighted by molar-refractivity contribution is 0.770. The maximum absolute atomic E-state index is 6.02. The number of pyridine rings is 1. The van der Waals surface area contributed by atoms with Crippen LogP contribution >= 0.6 is 11.6 Å². The van der Waals surface area contributed by atoms with Gasteiger partial charge in [0, 0.05) is 12.1 Å². The molecule has 2 rings (SSSR count). The van der Waals surface area contributed by atoms with Crippen molar-refractivity contribution < 1.29 is 0 Å². The van der Waals surface area contributed by atoms with Crippen molar-refractivity contribution in [2.24, 2.45) is 0 Å². The van der Waals surface area contributed by atoms with Crippen LogP contribution in [0.4, 0.5) is 5.69 Å². The van der Waals surface area contributed by atoms with E-state index in [1.807, 2.05) is 22.7 Å². The van der Waals surface area contributed by atoms with E-state index in [-0.39, 0.29) is 0 Å². The predicted octanol–water partition coefficient (Wildman–Crippen LogP) is 2.69. The third kappa shape index (κ3) is 1.24. The monoisotopic (exact) mass is 209 g/mol. The Hall–Kier alpha value is -1.22. The molecule has 0 bridgehead atoms. The number of rotatable bonds is 1. The van der Waals surface area contributed by atoms with Gasteiger partial charge in [-0.25, -0.2) is 4.98 Å². The average Bonchev–Trinajstić information content (AvgIpc) is 2.45. The van der Waals surface area contributed by atoms with Gasteiger partial charge in [-0.2, -0.15) is 0 Å². The van der Waals surface area contributed by atoms with Crippen molar-refractivity contribution in [1.29, 1.82) is 0 Å². The quantitative estimate of drug-likeness (QED) is 0.785. The molecule has 0 amide bonds. The van der Waals surface area contributed by atoms with Crippen LogP contribution in [0.1, 0.15) is 25.6 Å². The van der Waals surface area contributed by atoms with Crippen molar-refractivity contribution in [3.63, 3.8) is 0 Å². The van der Waals surface area contributed by atoms with Gasteiger partial charge < -0.3 is 10.1 Å². The van der Waals surface area contributed by atoms with Crippen LogP contribution < -0.4 is 5.73 Å². The number of halogens is 1. The minimum absolute atomic E-state index is 0.330. The summed E-state index contributed by atoms with van der Waals surface area (Å²) in [6.07, 6.45) is 1.93. The second kappa shape index (κ2) is 3.17. The number of hydrogen-bond acceptors (Lipinski definition) is 2. The second-order valence-corrected chi connectivity index (χ2v) is 3.96. The van der Waals surface area contributed by atoms with Gasteiger partial charge in [0.15, 0.2) is 5.15 Å². The van der Waals surface area contributed by atoms with E-state index in [1.54, 1.807) is 0 Å². The summed E-state index contributed by atoms with van der Waals surface area (Å²) in [5.74, 6) is 1.27. The fraction of sp³-hybridized carbons (Fsp3) is 0.300. The van der Waals surface area contributed by atoms with E-state index in [1.165, 1.54) is 0 Å². The van der Waals surface area contributed by atoms with E-state index in [0.717, 1.165) is 11.3 Å². The topological polar surface area (TPSA) is 43.3 Å². The Morgan fingerprint density at radius 3 is 2.86 bits per heavy atom. The lowest BCUT2D eigenvalue weighted by Gasteiger charge is -2.04. The van der Waals surface area contributed by atoms with Gasteiger partial charge in [0.2, 0.25) is 0 Å². The molecule has 0 spiro atoms. The zero-order chi connectivity index (χ0) is 10.3. The molecule has 2 aromatic heterocycles. The van der Waals surface area contributed by atoms with Gasteiger partial charge in [0.25, 0.3) is 0 Å². The smallest absolute Gasteiger partial charge is 0.157 e. The highest BCUT2D eigenvalue weighted by molar-refractivity contribution is 6.33. The molecule has 2 aromatic rings. The Labute approximate surface area is 87.5 Å². The summed E-state index contributed by atoms with van der Waals surface area (Å²) in [5, 5.41) is 0.479. The summed E-state index contributed by atoms with van der Waals surface area (Å²) in [6.45, 7) is 4.16. The normalized spacial score (nSPS) is 11.4. The van der Waals surface area contributed by atoms with E-state index in [0.29, 0.717) is 16.8 Å². The highest BCUT2D eigenvalue weighted by Gasteiger charge is 2.13. The average molecular weight is 210 g/mol. The number of imidazole rings is 1. The highest BCUT2D eigenvalue weighted by atomic mass is 35.5. The molecule has 0 aliphatic rings. The van der Waals surface area contributed by atoms with Gasteiger partial charge in [0.05, 0.1) is 5.69 Å². The fourth-order valence-electron chi connectivity index (χ4n) is 1.55. The molecule has 0 unspecified atom stereocenters. The molecule has 3 nitrogen and oxygen atoms in total. The molecule has 4 heteroatoms. The van der Waals surface area contributed by atoms with Crippen LogP contribution in [0.25, 0.3) is 5.52 Å². The molecule has 0 saturated carbocycles. The third-order valence-electron chi connectivity index (χ3n) is 2.20. The number of aromatic nitrogens is 2. The Kier molecular flexibility index (Phi) is 2.11. The van der Waals surface area contributed by atoms with Crippen LogP contribution in [0.3, 0.4) is 0 Å². The summed E-state index contributed by atoms with van der Waals surface area (Å²) in [7, 11) is 0. The molecule has 14 heavy (non-hydrogen) atoms. The zero-order valence-electron chi connectivity index (χ0n) is 8.16. The van der Waals surface area contributed by atoms with Gasteiger partial charge in [-0.05, 0) is 12.1 Å². The largest absolute Gasteiger partial charge is 0.397 e. The Bertz CT molecular complexity index is 473. The van der Waals surface area contributed by atoms with Crippen LogP contribution in [-0.4, -0.2) is 9.38 Å². The second-order valence-electron chi connectivity index (χ2n) is 3.60. The first-order chi connectivity index (χ1) is 6.61. The molecule has 0 aliphatic carbocycles. The van der Waals surface area contributed by atoms with Crippen molar-refractivity contribution in [2.75, 3.05) is 5.73 Å². The molecule has 74 valence electrons. The Balaban J connectivity index is 2.84. The van der Waals surface area contributed by atoms with Crippen molar-refractivity contribution in [3.05, 3.63) is 29.3 Å². The lowest BCUT2D eigenvalue weighted by atomic mass is 10.2. The fourth-order valence-corrected chi connectivity index (χ4v) is 1.84. The summed E-state index contributed by atoms with van der Waals surface area (Å²) < 4.78 is 1.95. The number of nitrogens with two attached hydrogens (primary N) is 1. The van der Waals surface area contributed by atoms with Crippen LogP contribution in [0.15, 0.2) is 18.3 Å². The first-order valence-electron chi connectivity index (χ1n) is 4.53. The first-order valence-corrected chi connectivity index (χ1v) is 4.91. The molecule has 0 fully saturated rings. The van der Waals surface area contributed by atoms with Crippen LogP contribution in [0, 0.1) is 0 Å². The number of nitrogen functional groups attached to an aromatic ring is 1. The first kappa shape index (κ1) is 9.34. The van der Waals surface area contributed by atoms with Crippen molar-refractivity contribution in [2.45, 2.75) is 19.8 Å². The van der Waals surface area contributed by atoms with E-state index in [2.05, 4.69) is 18.8 Å². The number of anilines is 1. The Morgan fingerprint density at radius 1 is 1.50 bits per heavy atom. The summed E-state index contributed by atoms with van der Waals surface area (Å²) >= 11 is 6.02. The van der Waals surface area contributed by atoms with Crippen LogP contribution in [-0.2, 0) is 0 Å². The number of fused-ring (bicyclic) bond motifs is 1. The SMILES string of the molecule is CC(C)c1nc(Cl)c2c(N)cccn12. The van der Waals surface area contributed by atoms with Crippen LogP contribution in [0.5, 0.6) is 0 Å². The minimum atomic E-state index is 0.330. The third-order valence-corrected chi connectivity index (χ3v) is 2.46. The molecule has 0 saturated heterocycles. The molecular formula is C10H12ClN3. The summed E-state index contributed by atoms with van der Waals surface area (Å²) in [4.78, 5) is 4.30. The molecule has 2 N–H and O–H groups in total. The molecule has 0 aromatic carbocycles. The Morgan fingerprint density at radius 2 is 2.21 bits per heavy atom. The van der Waals surface area contributed by atoms with Gasteiger partial charge >= 0.3 is 0 Å². The highest BCUT2D eigenvalue weighted by Crippen LogP contribution is 2.26. The summed E-state index contributed by atoms with van der Waals surface area (Å²) in [5.41, 5.74) is 7.29. The standard InChI is InChI=1S/C10H12ClN3/c1-6(2)10-13-9(11)8-7(12)4-3-5-14(8)10/h3-6H,12H2,1-2H3. The summed E-state index contributed by atoms with van der Waals surface area (Å²) in [6, 6.07) is 3.72. The molecular weight excluding hydrogens is 198 g/mol.